The van der Waals surface area contributed by atoms with Crippen LogP contribution in [-0.2, 0) is 0 Å². The zero-order chi connectivity index (χ0) is 14.4. The smallest absolute Gasteiger partial charge is 0.123 e. The van der Waals surface area contributed by atoms with Crippen LogP contribution in [0.3, 0.4) is 0 Å². The van der Waals surface area contributed by atoms with Crippen molar-refractivity contribution in [1.29, 1.82) is 0 Å². The fourth-order valence-electron chi connectivity index (χ4n) is 3.26. The molecule has 0 radical (unpaired) electrons. The first kappa shape index (κ1) is 15.4. The Balaban J connectivity index is 2.02. The van der Waals surface area contributed by atoms with Crippen molar-refractivity contribution in [3.8, 4) is 5.75 Å². The maximum atomic E-state index is 5.52. The highest BCUT2D eigenvalue weighted by Gasteiger charge is 2.17. The van der Waals surface area contributed by atoms with Gasteiger partial charge >= 0.3 is 0 Å². The third kappa shape index (κ3) is 4.24. The molecule has 1 fully saturated rings. The van der Waals surface area contributed by atoms with Crippen molar-refractivity contribution in [2.45, 2.75) is 70.9 Å². The molecule has 1 N–H and O–H groups in total. The van der Waals surface area contributed by atoms with Crippen LogP contribution >= 0.6 is 0 Å². The van der Waals surface area contributed by atoms with Gasteiger partial charge < -0.3 is 10.1 Å². The number of ether oxygens (including phenoxy) is 1. The summed E-state index contributed by atoms with van der Waals surface area (Å²) in [6, 6.07) is 7.47. The summed E-state index contributed by atoms with van der Waals surface area (Å²) in [6.07, 6.45) is 9.61. The van der Waals surface area contributed by atoms with Crippen LogP contribution in [0.25, 0.3) is 0 Å². The number of hydrogen-bond acceptors (Lipinski definition) is 2. The van der Waals surface area contributed by atoms with Crippen LogP contribution in [0.2, 0.25) is 0 Å². The van der Waals surface area contributed by atoms with Crippen LogP contribution in [0, 0.1) is 6.92 Å². The molecule has 112 valence electrons. The van der Waals surface area contributed by atoms with Gasteiger partial charge in [0.1, 0.15) is 5.75 Å². The molecular formula is C18H29NO. The van der Waals surface area contributed by atoms with Gasteiger partial charge in [-0.2, -0.15) is 0 Å². The standard InChI is InChI=1S/C18H29NO/c1-14-11-12-18(20-3)17(13-14)15(2)19-16-9-7-5-4-6-8-10-16/h11-13,15-16,19H,4-10H2,1-3H3. The summed E-state index contributed by atoms with van der Waals surface area (Å²) in [6.45, 7) is 4.40. The highest BCUT2D eigenvalue weighted by atomic mass is 16.5. The average Bonchev–Trinajstić information content (AvgIpc) is 2.41. The van der Waals surface area contributed by atoms with Gasteiger partial charge in [0.25, 0.3) is 0 Å². The number of nitrogens with one attached hydrogen (secondary N) is 1. The average molecular weight is 275 g/mol. The molecule has 0 aliphatic heterocycles. The van der Waals surface area contributed by atoms with Gasteiger partial charge in [0.2, 0.25) is 0 Å². The van der Waals surface area contributed by atoms with Gasteiger partial charge in [0.15, 0.2) is 0 Å². The topological polar surface area (TPSA) is 21.3 Å². The fourth-order valence-corrected chi connectivity index (χ4v) is 3.26. The number of aryl methyl sites for hydroxylation is 1. The Morgan fingerprint density at radius 2 is 1.75 bits per heavy atom. The molecule has 1 aromatic carbocycles. The van der Waals surface area contributed by atoms with Gasteiger partial charge in [0, 0.05) is 17.6 Å². The lowest BCUT2D eigenvalue weighted by atomic mass is 9.95. The van der Waals surface area contributed by atoms with Crippen molar-refractivity contribution < 1.29 is 4.74 Å². The molecule has 0 heterocycles. The minimum atomic E-state index is 0.356. The van der Waals surface area contributed by atoms with Crippen LogP contribution in [0.1, 0.15) is 69.0 Å². The van der Waals surface area contributed by atoms with E-state index in [1.54, 1.807) is 7.11 Å². The molecule has 0 aromatic heterocycles. The van der Waals surface area contributed by atoms with Crippen molar-refractivity contribution in [3.05, 3.63) is 29.3 Å². The Bertz CT molecular complexity index is 408. The maximum absolute atomic E-state index is 5.52. The van der Waals surface area contributed by atoms with Gasteiger partial charge in [-0.05, 0) is 32.8 Å². The van der Waals surface area contributed by atoms with Crippen LogP contribution in [0.5, 0.6) is 5.75 Å². The fraction of sp³-hybridized carbons (Fsp3) is 0.667. The molecule has 1 aliphatic rings. The van der Waals surface area contributed by atoms with E-state index in [2.05, 4.69) is 37.4 Å². The lowest BCUT2D eigenvalue weighted by molar-refractivity contribution is 0.352. The molecule has 1 atom stereocenters. The highest BCUT2D eigenvalue weighted by molar-refractivity contribution is 5.38. The second-order valence-corrected chi connectivity index (χ2v) is 6.18. The Morgan fingerprint density at radius 3 is 2.40 bits per heavy atom. The van der Waals surface area contributed by atoms with E-state index in [4.69, 9.17) is 4.74 Å². The molecule has 1 aromatic rings. The summed E-state index contributed by atoms with van der Waals surface area (Å²) in [7, 11) is 1.76. The summed E-state index contributed by atoms with van der Waals surface area (Å²) in [5.74, 6) is 1.00. The molecule has 0 bridgehead atoms. The molecule has 1 saturated carbocycles. The van der Waals surface area contributed by atoms with E-state index in [0.717, 1.165) is 5.75 Å². The highest BCUT2D eigenvalue weighted by Crippen LogP contribution is 2.28. The Kier molecular flexibility index (Phi) is 5.90. The van der Waals surface area contributed by atoms with Crippen molar-refractivity contribution >= 4 is 0 Å². The zero-order valence-corrected chi connectivity index (χ0v) is 13.2. The molecule has 20 heavy (non-hydrogen) atoms. The van der Waals surface area contributed by atoms with E-state index in [9.17, 15) is 0 Å². The van der Waals surface area contributed by atoms with Gasteiger partial charge in [-0.3, -0.25) is 0 Å². The maximum Gasteiger partial charge on any atom is 0.123 e. The number of methoxy groups -OCH3 is 1. The third-order valence-electron chi connectivity index (χ3n) is 4.44. The molecule has 1 aliphatic carbocycles. The van der Waals surface area contributed by atoms with Crippen LogP contribution < -0.4 is 10.1 Å². The second kappa shape index (κ2) is 7.68. The molecule has 0 saturated heterocycles. The SMILES string of the molecule is COc1ccc(C)cc1C(C)NC1CCCCCCC1. The van der Waals surface area contributed by atoms with E-state index >= 15 is 0 Å². The Morgan fingerprint density at radius 1 is 1.10 bits per heavy atom. The molecule has 2 heteroatoms. The van der Waals surface area contributed by atoms with Crippen molar-refractivity contribution in [3.63, 3.8) is 0 Å². The molecule has 0 amide bonds. The van der Waals surface area contributed by atoms with Gasteiger partial charge in [-0.15, -0.1) is 0 Å². The van der Waals surface area contributed by atoms with Crippen LogP contribution in [0.4, 0.5) is 0 Å². The lowest BCUT2D eigenvalue weighted by Gasteiger charge is -2.26. The van der Waals surface area contributed by atoms with E-state index < -0.39 is 0 Å². The van der Waals surface area contributed by atoms with Gasteiger partial charge in [-0.1, -0.05) is 49.8 Å². The summed E-state index contributed by atoms with van der Waals surface area (Å²) in [4.78, 5) is 0. The number of benzene rings is 1. The Hall–Kier alpha value is -1.02. The Labute approximate surface area is 123 Å². The van der Waals surface area contributed by atoms with Crippen LogP contribution in [-0.4, -0.2) is 13.2 Å². The first-order valence-corrected chi connectivity index (χ1v) is 8.11. The monoisotopic (exact) mass is 275 g/mol. The predicted molar refractivity (Wildman–Crippen MR) is 85.4 cm³/mol. The summed E-state index contributed by atoms with van der Waals surface area (Å²) in [5.41, 5.74) is 2.58. The van der Waals surface area contributed by atoms with E-state index in [-0.39, 0.29) is 0 Å². The zero-order valence-electron chi connectivity index (χ0n) is 13.2. The summed E-state index contributed by atoms with van der Waals surface area (Å²) < 4.78 is 5.52. The second-order valence-electron chi connectivity index (χ2n) is 6.18. The van der Waals surface area contributed by atoms with Crippen molar-refractivity contribution in [1.82, 2.24) is 5.32 Å². The predicted octanol–water partition coefficient (Wildman–Crippen LogP) is 4.77. The van der Waals surface area contributed by atoms with E-state index in [1.165, 1.54) is 56.1 Å². The molecular weight excluding hydrogens is 246 g/mol. The van der Waals surface area contributed by atoms with Crippen molar-refractivity contribution in [2.75, 3.05) is 7.11 Å². The number of hydrogen-bond donors (Lipinski definition) is 1. The van der Waals surface area contributed by atoms with E-state index in [0.29, 0.717) is 12.1 Å². The minimum absolute atomic E-state index is 0.356. The quantitative estimate of drug-likeness (QED) is 0.855. The third-order valence-corrected chi connectivity index (χ3v) is 4.44. The summed E-state index contributed by atoms with van der Waals surface area (Å²) in [5, 5.41) is 3.82. The van der Waals surface area contributed by atoms with Crippen molar-refractivity contribution in [2.24, 2.45) is 0 Å². The molecule has 0 spiro atoms. The first-order chi connectivity index (χ1) is 9.70. The molecule has 1 unspecified atom stereocenters. The largest absolute Gasteiger partial charge is 0.496 e. The van der Waals surface area contributed by atoms with Gasteiger partial charge in [0.05, 0.1) is 7.11 Å². The van der Waals surface area contributed by atoms with Gasteiger partial charge in [-0.25, -0.2) is 0 Å². The van der Waals surface area contributed by atoms with E-state index in [1.807, 2.05) is 0 Å². The molecule has 2 nitrogen and oxygen atoms in total. The first-order valence-electron chi connectivity index (χ1n) is 8.11. The lowest BCUT2D eigenvalue weighted by Crippen LogP contribution is -2.32. The summed E-state index contributed by atoms with van der Waals surface area (Å²) >= 11 is 0. The molecule has 2 rings (SSSR count). The van der Waals surface area contributed by atoms with Crippen LogP contribution in [0.15, 0.2) is 18.2 Å². The normalized spacial score (nSPS) is 19.1. The number of rotatable bonds is 4. The minimum Gasteiger partial charge on any atom is -0.496 e.